The van der Waals surface area contributed by atoms with Gasteiger partial charge in [-0.05, 0) is 34.4 Å². The van der Waals surface area contributed by atoms with E-state index in [4.69, 9.17) is 4.98 Å². The van der Waals surface area contributed by atoms with E-state index in [9.17, 15) is 5.26 Å². The Balaban J connectivity index is 1.70. The lowest BCUT2D eigenvalue weighted by molar-refractivity contribution is 0.514. The molecular formula is C30H23N3. The van der Waals surface area contributed by atoms with E-state index in [1.54, 1.807) is 0 Å². The average Bonchev–Trinajstić information content (AvgIpc) is 3.35. The van der Waals surface area contributed by atoms with Crippen molar-refractivity contribution in [2.24, 2.45) is 0 Å². The van der Waals surface area contributed by atoms with Gasteiger partial charge in [-0.25, -0.2) is 4.98 Å². The SMILES string of the molecule is N#Cc1cccc(Cc2cn(C(c3ccccc3)(c3ccccc3)c3ccccc3)cn2)c1. The summed E-state index contributed by atoms with van der Waals surface area (Å²) in [5.41, 5.74) is 5.62. The highest BCUT2D eigenvalue weighted by atomic mass is 15.1. The molecule has 5 rings (SSSR count). The van der Waals surface area contributed by atoms with Crippen molar-refractivity contribution >= 4 is 0 Å². The molecule has 0 aliphatic carbocycles. The Kier molecular flexibility index (Phi) is 5.57. The van der Waals surface area contributed by atoms with Crippen LogP contribution in [0, 0.1) is 11.3 Å². The van der Waals surface area contributed by atoms with Gasteiger partial charge in [-0.15, -0.1) is 0 Å². The van der Waals surface area contributed by atoms with Crippen LogP contribution in [0.2, 0.25) is 0 Å². The Morgan fingerprint density at radius 1 is 0.697 bits per heavy atom. The monoisotopic (exact) mass is 425 g/mol. The molecule has 0 bridgehead atoms. The molecule has 0 unspecified atom stereocenters. The summed E-state index contributed by atoms with van der Waals surface area (Å²) in [6, 6.07) is 41.6. The Bertz CT molecular complexity index is 1280. The molecule has 0 saturated heterocycles. The van der Waals surface area contributed by atoms with E-state index in [1.165, 1.54) is 0 Å². The number of aromatic nitrogens is 2. The fourth-order valence-electron chi connectivity index (χ4n) is 4.58. The van der Waals surface area contributed by atoms with Crippen LogP contribution in [0.1, 0.15) is 33.5 Å². The van der Waals surface area contributed by atoms with E-state index in [2.05, 4.69) is 89.6 Å². The van der Waals surface area contributed by atoms with Gasteiger partial charge in [-0.3, -0.25) is 0 Å². The molecule has 0 radical (unpaired) electrons. The summed E-state index contributed by atoms with van der Waals surface area (Å²) < 4.78 is 2.22. The maximum absolute atomic E-state index is 9.25. The summed E-state index contributed by atoms with van der Waals surface area (Å²) in [5, 5.41) is 9.25. The van der Waals surface area contributed by atoms with E-state index < -0.39 is 5.54 Å². The molecular weight excluding hydrogens is 402 g/mol. The number of imidazole rings is 1. The first-order chi connectivity index (χ1) is 16.3. The molecule has 33 heavy (non-hydrogen) atoms. The van der Waals surface area contributed by atoms with Gasteiger partial charge in [0.25, 0.3) is 0 Å². The molecule has 0 fully saturated rings. The van der Waals surface area contributed by atoms with Crippen molar-refractivity contribution in [1.82, 2.24) is 9.55 Å². The van der Waals surface area contributed by atoms with E-state index in [1.807, 2.05) is 48.8 Å². The van der Waals surface area contributed by atoms with Gasteiger partial charge in [-0.2, -0.15) is 5.26 Å². The normalized spacial score (nSPS) is 11.1. The second kappa shape index (κ2) is 8.98. The minimum atomic E-state index is -0.566. The molecule has 0 saturated carbocycles. The number of hydrogen-bond acceptors (Lipinski definition) is 2. The number of benzene rings is 4. The molecule has 0 spiro atoms. The van der Waals surface area contributed by atoms with Gasteiger partial charge in [0, 0.05) is 12.6 Å². The molecule has 0 atom stereocenters. The van der Waals surface area contributed by atoms with E-state index in [0.717, 1.165) is 27.9 Å². The van der Waals surface area contributed by atoms with Crippen LogP contribution in [0.3, 0.4) is 0 Å². The minimum absolute atomic E-state index is 0.566. The van der Waals surface area contributed by atoms with Crippen molar-refractivity contribution in [1.29, 1.82) is 5.26 Å². The molecule has 0 aliphatic heterocycles. The molecule has 0 amide bonds. The Morgan fingerprint density at radius 2 is 1.24 bits per heavy atom. The van der Waals surface area contributed by atoms with Crippen molar-refractivity contribution in [3.8, 4) is 6.07 Å². The predicted molar refractivity (Wildman–Crippen MR) is 131 cm³/mol. The molecule has 4 aromatic carbocycles. The minimum Gasteiger partial charge on any atom is -0.319 e. The van der Waals surface area contributed by atoms with Crippen LogP contribution in [0.25, 0.3) is 0 Å². The highest BCUT2D eigenvalue weighted by Crippen LogP contribution is 2.40. The molecule has 3 heteroatoms. The summed E-state index contributed by atoms with van der Waals surface area (Å²) in [6.07, 6.45) is 4.72. The number of nitrogens with zero attached hydrogens (tertiary/aromatic N) is 3. The van der Waals surface area contributed by atoms with Crippen molar-refractivity contribution in [2.45, 2.75) is 12.0 Å². The zero-order chi connectivity index (χ0) is 22.5. The predicted octanol–water partition coefficient (Wildman–Crippen LogP) is 6.19. The van der Waals surface area contributed by atoms with Crippen LogP contribution in [0.15, 0.2) is 128 Å². The Morgan fingerprint density at radius 3 is 1.76 bits per heavy atom. The lowest BCUT2D eigenvalue weighted by Gasteiger charge is -2.37. The van der Waals surface area contributed by atoms with Crippen LogP contribution in [0.4, 0.5) is 0 Å². The number of hydrogen-bond donors (Lipinski definition) is 0. The summed E-state index contributed by atoms with van der Waals surface area (Å²) >= 11 is 0. The summed E-state index contributed by atoms with van der Waals surface area (Å²) in [4.78, 5) is 4.79. The number of nitriles is 1. The lowest BCUT2D eigenvalue weighted by Crippen LogP contribution is -2.36. The van der Waals surface area contributed by atoms with E-state index in [-0.39, 0.29) is 0 Å². The van der Waals surface area contributed by atoms with Gasteiger partial charge in [0.2, 0.25) is 0 Å². The summed E-state index contributed by atoms with van der Waals surface area (Å²) in [5.74, 6) is 0. The standard InChI is InChI=1S/C30H23N3/c31-21-25-12-10-11-24(19-25)20-29-22-33(23-32-29)30(26-13-4-1-5-14-26,27-15-6-2-7-16-27)28-17-8-3-9-18-28/h1-19,22-23H,20H2. The van der Waals surface area contributed by atoms with Crippen LogP contribution < -0.4 is 0 Å². The molecule has 0 N–H and O–H groups in total. The highest BCUT2D eigenvalue weighted by Gasteiger charge is 2.38. The quantitative estimate of drug-likeness (QED) is 0.305. The van der Waals surface area contributed by atoms with Gasteiger partial charge in [0.15, 0.2) is 0 Å². The number of rotatable bonds is 6. The van der Waals surface area contributed by atoms with Crippen molar-refractivity contribution in [3.63, 3.8) is 0 Å². The van der Waals surface area contributed by atoms with Gasteiger partial charge in [-0.1, -0.05) is 103 Å². The third-order valence-electron chi connectivity index (χ3n) is 6.04. The van der Waals surface area contributed by atoms with Crippen molar-refractivity contribution < 1.29 is 0 Å². The molecule has 1 heterocycles. The van der Waals surface area contributed by atoms with E-state index in [0.29, 0.717) is 12.0 Å². The van der Waals surface area contributed by atoms with Crippen LogP contribution in [-0.2, 0) is 12.0 Å². The smallest absolute Gasteiger partial charge is 0.121 e. The Hall–Kier alpha value is -4.42. The second-order valence-corrected chi connectivity index (χ2v) is 8.07. The zero-order valence-electron chi connectivity index (χ0n) is 18.2. The van der Waals surface area contributed by atoms with E-state index >= 15 is 0 Å². The maximum atomic E-state index is 9.25. The van der Waals surface area contributed by atoms with Gasteiger partial charge < -0.3 is 4.57 Å². The largest absolute Gasteiger partial charge is 0.319 e. The average molecular weight is 426 g/mol. The summed E-state index contributed by atoms with van der Waals surface area (Å²) in [7, 11) is 0. The molecule has 3 nitrogen and oxygen atoms in total. The second-order valence-electron chi connectivity index (χ2n) is 8.07. The first kappa shape index (κ1) is 20.5. The zero-order valence-corrected chi connectivity index (χ0v) is 18.2. The van der Waals surface area contributed by atoms with Gasteiger partial charge in [0.1, 0.15) is 5.54 Å². The fourth-order valence-corrected chi connectivity index (χ4v) is 4.58. The van der Waals surface area contributed by atoms with Gasteiger partial charge >= 0.3 is 0 Å². The summed E-state index contributed by atoms with van der Waals surface area (Å²) in [6.45, 7) is 0. The topological polar surface area (TPSA) is 41.6 Å². The third kappa shape index (κ3) is 3.84. The van der Waals surface area contributed by atoms with Crippen LogP contribution in [-0.4, -0.2) is 9.55 Å². The molecule has 1 aromatic heterocycles. The first-order valence-corrected chi connectivity index (χ1v) is 11.0. The molecule has 158 valence electrons. The van der Waals surface area contributed by atoms with Crippen LogP contribution in [0.5, 0.6) is 0 Å². The molecule has 0 aliphatic rings. The Labute approximate surface area is 194 Å². The third-order valence-corrected chi connectivity index (χ3v) is 6.04. The molecule has 5 aromatic rings. The van der Waals surface area contributed by atoms with Gasteiger partial charge in [0.05, 0.1) is 23.7 Å². The lowest BCUT2D eigenvalue weighted by atomic mass is 9.77. The maximum Gasteiger partial charge on any atom is 0.121 e. The van der Waals surface area contributed by atoms with Crippen molar-refractivity contribution in [2.75, 3.05) is 0 Å². The van der Waals surface area contributed by atoms with Crippen LogP contribution >= 0.6 is 0 Å². The first-order valence-electron chi connectivity index (χ1n) is 11.0. The fraction of sp³-hybridized carbons (Fsp3) is 0.0667. The van der Waals surface area contributed by atoms with Crippen molar-refractivity contribution in [3.05, 3.63) is 161 Å². The highest BCUT2D eigenvalue weighted by molar-refractivity contribution is 5.50.